The number of hydrogen-bond acceptors (Lipinski definition) is 4. The first-order valence-corrected chi connectivity index (χ1v) is 8.48. The average Bonchev–Trinajstić information content (AvgIpc) is 2.50. The summed E-state index contributed by atoms with van der Waals surface area (Å²) >= 11 is 0. The average molecular weight is 372 g/mol. The number of nitrogens with one attached hydrogen (secondary N) is 2. The molecule has 0 saturated heterocycles. The largest absolute Gasteiger partial charge is 0.391 e. The van der Waals surface area contributed by atoms with E-state index in [0.717, 1.165) is 18.2 Å². The van der Waals surface area contributed by atoms with E-state index in [-0.39, 0.29) is 37.3 Å². The minimum Gasteiger partial charge on any atom is -0.391 e. The van der Waals surface area contributed by atoms with Crippen molar-refractivity contribution in [3.8, 4) is 0 Å². The summed E-state index contributed by atoms with van der Waals surface area (Å²) in [7, 11) is 0. The number of rotatable bonds is 10. The smallest absolute Gasteiger partial charge is 0.246 e. The SMILES string of the molecule is CCOCC(=O)N[C@@H](C)C[C@H](O)C(Cc1cc(F)cc(F)c1)NC(C)=O. The number of ether oxygens (including phenoxy) is 1. The highest BCUT2D eigenvalue weighted by Crippen LogP contribution is 2.14. The third-order valence-corrected chi connectivity index (χ3v) is 3.67. The van der Waals surface area contributed by atoms with Gasteiger partial charge in [0.25, 0.3) is 0 Å². The molecule has 0 bridgehead atoms. The Hall–Kier alpha value is -2.06. The lowest BCUT2D eigenvalue weighted by atomic mass is 9.96. The van der Waals surface area contributed by atoms with E-state index >= 15 is 0 Å². The molecule has 1 aromatic carbocycles. The lowest BCUT2D eigenvalue weighted by Crippen LogP contribution is -2.47. The van der Waals surface area contributed by atoms with Crippen molar-refractivity contribution in [1.82, 2.24) is 10.6 Å². The molecule has 3 atom stereocenters. The Labute approximate surface area is 151 Å². The summed E-state index contributed by atoms with van der Waals surface area (Å²) in [5.74, 6) is -2.14. The summed E-state index contributed by atoms with van der Waals surface area (Å²) in [5.41, 5.74) is 0.313. The quantitative estimate of drug-likeness (QED) is 0.578. The van der Waals surface area contributed by atoms with E-state index < -0.39 is 23.8 Å². The van der Waals surface area contributed by atoms with Gasteiger partial charge >= 0.3 is 0 Å². The van der Waals surface area contributed by atoms with Gasteiger partial charge in [-0.25, -0.2) is 8.78 Å². The molecule has 6 nitrogen and oxygen atoms in total. The Morgan fingerprint density at radius 1 is 1.19 bits per heavy atom. The zero-order chi connectivity index (χ0) is 19.7. The van der Waals surface area contributed by atoms with E-state index in [1.807, 2.05) is 0 Å². The molecular weight excluding hydrogens is 346 g/mol. The maximum absolute atomic E-state index is 13.3. The Bertz CT molecular complexity index is 593. The highest BCUT2D eigenvalue weighted by atomic mass is 19.1. The third-order valence-electron chi connectivity index (χ3n) is 3.67. The van der Waals surface area contributed by atoms with Crippen LogP contribution < -0.4 is 10.6 Å². The van der Waals surface area contributed by atoms with Gasteiger partial charge in [0.1, 0.15) is 18.2 Å². The number of aliphatic hydroxyl groups excluding tert-OH is 1. The molecule has 0 fully saturated rings. The normalized spacial score (nSPS) is 14.4. The van der Waals surface area contributed by atoms with Crippen molar-refractivity contribution in [3.63, 3.8) is 0 Å². The maximum Gasteiger partial charge on any atom is 0.246 e. The van der Waals surface area contributed by atoms with Gasteiger partial charge in [0.05, 0.1) is 12.1 Å². The van der Waals surface area contributed by atoms with E-state index in [4.69, 9.17) is 4.74 Å². The Morgan fingerprint density at radius 2 is 1.81 bits per heavy atom. The second-order valence-electron chi connectivity index (χ2n) is 6.20. The van der Waals surface area contributed by atoms with Crippen LogP contribution in [0.4, 0.5) is 8.78 Å². The number of halogens is 2. The van der Waals surface area contributed by atoms with Crippen LogP contribution in [-0.2, 0) is 20.7 Å². The minimum atomic E-state index is -1.02. The number of aliphatic hydroxyl groups is 1. The van der Waals surface area contributed by atoms with Crippen LogP contribution in [0.5, 0.6) is 0 Å². The molecule has 26 heavy (non-hydrogen) atoms. The summed E-state index contributed by atoms with van der Waals surface area (Å²) in [4.78, 5) is 23.0. The molecule has 146 valence electrons. The molecule has 2 amide bonds. The lowest BCUT2D eigenvalue weighted by Gasteiger charge is -2.26. The van der Waals surface area contributed by atoms with Crippen molar-refractivity contribution < 1.29 is 28.2 Å². The van der Waals surface area contributed by atoms with Crippen molar-refractivity contribution in [2.75, 3.05) is 13.2 Å². The monoisotopic (exact) mass is 372 g/mol. The van der Waals surface area contributed by atoms with Crippen molar-refractivity contribution in [3.05, 3.63) is 35.4 Å². The van der Waals surface area contributed by atoms with E-state index in [1.54, 1.807) is 13.8 Å². The molecule has 3 N–H and O–H groups in total. The van der Waals surface area contributed by atoms with E-state index in [0.29, 0.717) is 12.2 Å². The van der Waals surface area contributed by atoms with Gasteiger partial charge in [0.15, 0.2) is 0 Å². The molecule has 0 spiro atoms. The standard InChI is InChI=1S/C18H26F2N2O4/c1-4-26-10-18(25)21-11(2)5-17(24)16(22-12(3)23)8-13-6-14(19)9-15(20)7-13/h6-7,9,11,16-17,24H,4-5,8,10H2,1-3H3,(H,21,25)(H,22,23)/t11-,16?,17-/m0/s1. The summed E-state index contributed by atoms with van der Waals surface area (Å²) in [6.45, 7) is 5.11. The Balaban J connectivity index is 2.71. The van der Waals surface area contributed by atoms with Crippen LogP contribution in [0.15, 0.2) is 18.2 Å². The van der Waals surface area contributed by atoms with Gasteiger partial charge < -0.3 is 20.5 Å². The second kappa shape index (κ2) is 10.8. The zero-order valence-electron chi connectivity index (χ0n) is 15.2. The van der Waals surface area contributed by atoms with Crippen LogP contribution in [0.3, 0.4) is 0 Å². The fourth-order valence-electron chi connectivity index (χ4n) is 2.62. The highest BCUT2D eigenvalue weighted by molar-refractivity contribution is 5.77. The molecule has 0 aliphatic heterocycles. The van der Waals surface area contributed by atoms with Crippen LogP contribution in [0.2, 0.25) is 0 Å². The highest BCUT2D eigenvalue weighted by Gasteiger charge is 2.24. The molecule has 1 aromatic rings. The predicted molar refractivity (Wildman–Crippen MR) is 92.4 cm³/mol. The van der Waals surface area contributed by atoms with Crippen LogP contribution in [0.25, 0.3) is 0 Å². The zero-order valence-corrected chi connectivity index (χ0v) is 15.2. The third kappa shape index (κ3) is 8.35. The predicted octanol–water partition coefficient (Wildman–Crippen LogP) is 1.30. The number of benzene rings is 1. The molecular formula is C18H26F2N2O4. The molecule has 0 aromatic heterocycles. The van der Waals surface area contributed by atoms with E-state index in [2.05, 4.69) is 10.6 Å². The molecule has 0 heterocycles. The van der Waals surface area contributed by atoms with Crippen molar-refractivity contribution in [2.45, 2.75) is 51.8 Å². The molecule has 0 radical (unpaired) electrons. The van der Waals surface area contributed by atoms with Crippen LogP contribution >= 0.6 is 0 Å². The molecule has 0 aliphatic rings. The van der Waals surface area contributed by atoms with Gasteiger partial charge in [0.2, 0.25) is 11.8 Å². The van der Waals surface area contributed by atoms with Gasteiger partial charge in [-0.15, -0.1) is 0 Å². The van der Waals surface area contributed by atoms with Gasteiger partial charge in [-0.1, -0.05) is 0 Å². The van der Waals surface area contributed by atoms with Crippen molar-refractivity contribution >= 4 is 11.8 Å². The van der Waals surface area contributed by atoms with Gasteiger partial charge in [-0.2, -0.15) is 0 Å². The minimum absolute atomic E-state index is 0.0506. The summed E-state index contributed by atoms with van der Waals surface area (Å²) in [5, 5.41) is 15.7. The lowest BCUT2D eigenvalue weighted by molar-refractivity contribution is -0.126. The summed E-state index contributed by atoms with van der Waals surface area (Å²) < 4.78 is 31.7. The summed E-state index contributed by atoms with van der Waals surface area (Å²) in [6.07, 6.45) is -0.817. The number of carbonyl (C=O) groups excluding carboxylic acids is 2. The Morgan fingerprint density at radius 3 is 2.35 bits per heavy atom. The fourth-order valence-corrected chi connectivity index (χ4v) is 2.62. The fraction of sp³-hybridized carbons (Fsp3) is 0.556. The first-order chi connectivity index (χ1) is 12.2. The van der Waals surface area contributed by atoms with Crippen LogP contribution in [-0.4, -0.2) is 48.3 Å². The topological polar surface area (TPSA) is 87.7 Å². The number of carbonyl (C=O) groups is 2. The van der Waals surface area contributed by atoms with Gasteiger partial charge in [-0.05, 0) is 44.4 Å². The molecule has 0 saturated carbocycles. The van der Waals surface area contributed by atoms with Crippen molar-refractivity contribution in [1.29, 1.82) is 0 Å². The molecule has 8 heteroatoms. The summed E-state index contributed by atoms with van der Waals surface area (Å²) in [6, 6.07) is 1.93. The van der Waals surface area contributed by atoms with Crippen LogP contribution in [0, 0.1) is 11.6 Å². The van der Waals surface area contributed by atoms with E-state index in [1.165, 1.54) is 6.92 Å². The molecule has 1 rings (SSSR count). The van der Waals surface area contributed by atoms with E-state index in [9.17, 15) is 23.5 Å². The maximum atomic E-state index is 13.3. The number of hydrogen-bond donors (Lipinski definition) is 3. The van der Waals surface area contributed by atoms with Gasteiger partial charge in [-0.3, -0.25) is 9.59 Å². The second-order valence-corrected chi connectivity index (χ2v) is 6.20. The Kier molecular flexibility index (Phi) is 9.15. The molecule has 1 unspecified atom stereocenters. The molecule has 0 aliphatic carbocycles. The van der Waals surface area contributed by atoms with Crippen LogP contribution in [0.1, 0.15) is 32.8 Å². The van der Waals surface area contributed by atoms with Crippen molar-refractivity contribution in [2.24, 2.45) is 0 Å². The number of amides is 2. The first kappa shape index (κ1) is 22.0. The van der Waals surface area contributed by atoms with Gasteiger partial charge in [0, 0.05) is 25.6 Å². The first-order valence-electron chi connectivity index (χ1n) is 8.48.